The van der Waals surface area contributed by atoms with Gasteiger partial charge in [0, 0.05) is 11.5 Å². The van der Waals surface area contributed by atoms with Gasteiger partial charge in [0.05, 0.1) is 6.61 Å². The summed E-state index contributed by atoms with van der Waals surface area (Å²) in [6.45, 7) is 6.08. The molecule has 0 amide bonds. The van der Waals surface area contributed by atoms with Crippen LogP contribution in [0.25, 0.3) is 0 Å². The quantitative estimate of drug-likeness (QED) is 0.279. The number of oxime groups is 1. The van der Waals surface area contributed by atoms with Gasteiger partial charge in [0.15, 0.2) is 0 Å². The summed E-state index contributed by atoms with van der Waals surface area (Å²) in [4.78, 5) is 2.28. The van der Waals surface area contributed by atoms with E-state index in [2.05, 4.69) is 10.1 Å². The fourth-order valence-corrected chi connectivity index (χ4v) is 2.08. The molecule has 1 saturated heterocycles. The Morgan fingerprint density at radius 2 is 2.25 bits per heavy atom. The van der Waals surface area contributed by atoms with E-state index in [1.54, 1.807) is 0 Å². The predicted octanol–water partition coefficient (Wildman–Crippen LogP) is 0.606. The Bertz CT molecular complexity index is 254. The Labute approximate surface area is 96.9 Å². The number of aliphatic hydroxyl groups excluding tert-OH is 1. The second-order valence-corrected chi connectivity index (χ2v) is 5.13. The van der Waals surface area contributed by atoms with Crippen molar-refractivity contribution in [2.75, 3.05) is 19.7 Å². The summed E-state index contributed by atoms with van der Waals surface area (Å²) in [5.41, 5.74) is 5.34. The Morgan fingerprint density at radius 3 is 2.81 bits per heavy atom. The number of hydrogen-bond acceptors (Lipinski definition) is 4. The Kier molecular flexibility index (Phi) is 4.56. The summed E-state index contributed by atoms with van der Waals surface area (Å²) >= 11 is 0. The van der Waals surface area contributed by atoms with Crippen molar-refractivity contribution in [1.29, 1.82) is 0 Å². The second kappa shape index (κ2) is 5.50. The molecule has 16 heavy (non-hydrogen) atoms. The molecule has 0 bridgehead atoms. The van der Waals surface area contributed by atoms with Crippen molar-refractivity contribution in [1.82, 2.24) is 4.90 Å². The van der Waals surface area contributed by atoms with E-state index in [-0.39, 0.29) is 17.9 Å². The Morgan fingerprint density at radius 1 is 1.56 bits per heavy atom. The third-order valence-electron chi connectivity index (χ3n) is 3.53. The third kappa shape index (κ3) is 3.09. The SMILES string of the molecule is CC(C)(CCN1CCCC1CO)C(N)=NO. The van der Waals surface area contributed by atoms with Crippen molar-refractivity contribution in [3.05, 3.63) is 0 Å². The number of likely N-dealkylation sites (tertiary alicyclic amines) is 1. The van der Waals surface area contributed by atoms with Crippen LogP contribution in [0.2, 0.25) is 0 Å². The van der Waals surface area contributed by atoms with Crippen LogP contribution in [0.5, 0.6) is 0 Å². The van der Waals surface area contributed by atoms with Crippen molar-refractivity contribution in [3.63, 3.8) is 0 Å². The molecule has 0 saturated carbocycles. The van der Waals surface area contributed by atoms with Gasteiger partial charge in [0.2, 0.25) is 0 Å². The lowest BCUT2D eigenvalue weighted by Crippen LogP contribution is -2.39. The van der Waals surface area contributed by atoms with Gasteiger partial charge in [-0.05, 0) is 32.4 Å². The maximum absolute atomic E-state index is 9.19. The maximum Gasteiger partial charge on any atom is 0.144 e. The highest BCUT2D eigenvalue weighted by atomic mass is 16.4. The van der Waals surface area contributed by atoms with Gasteiger partial charge in [-0.2, -0.15) is 0 Å². The number of nitrogens with zero attached hydrogens (tertiary/aromatic N) is 2. The first kappa shape index (κ1) is 13.3. The fraction of sp³-hybridized carbons (Fsp3) is 0.909. The maximum atomic E-state index is 9.19. The number of rotatable bonds is 5. The molecular formula is C11H23N3O2. The molecule has 4 N–H and O–H groups in total. The summed E-state index contributed by atoms with van der Waals surface area (Å²) in [5, 5.41) is 20.9. The molecule has 0 radical (unpaired) electrons. The zero-order chi connectivity index (χ0) is 12.2. The van der Waals surface area contributed by atoms with Crippen LogP contribution in [0, 0.1) is 5.41 Å². The molecule has 5 nitrogen and oxygen atoms in total. The van der Waals surface area contributed by atoms with Crippen molar-refractivity contribution in [2.24, 2.45) is 16.3 Å². The van der Waals surface area contributed by atoms with Gasteiger partial charge in [-0.25, -0.2) is 0 Å². The standard InChI is InChI=1S/C11H23N3O2/c1-11(2,10(12)13-16)5-7-14-6-3-4-9(14)8-15/h9,15-16H,3-8H2,1-2H3,(H2,12,13). The van der Waals surface area contributed by atoms with E-state index < -0.39 is 0 Å². The molecule has 1 rings (SSSR count). The van der Waals surface area contributed by atoms with Gasteiger partial charge in [-0.15, -0.1) is 0 Å². The summed E-state index contributed by atoms with van der Waals surface area (Å²) in [6.07, 6.45) is 3.05. The van der Waals surface area contributed by atoms with E-state index in [0.29, 0.717) is 6.04 Å². The lowest BCUT2D eigenvalue weighted by molar-refractivity contribution is 0.149. The van der Waals surface area contributed by atoms with Crippen LogP contribution in [0.4, 0.5) is 0 Å². The van der Waals surface area contributed by atoms with Crippen LogP contribution in [-0.4, -0.2) is 46.8 Å². The average molecular weight is 229 g/mol. The van der Waals surface area contributed by atoms with Crippen LogP contribution >= 0.6 is 0 Å². The first-order chi connectivity index (χ1) is 7.51. The molecule has 0 aromatic heterocycles. The summed E-state index contributed by atoms with van der Waals surface area (Å²) in [7, 11) is 0. The zero-order valence-electron chi connectivity index (χ0n) is 10.2. The molecule has 0 aliphatic carbocycles. The molecule has 1 unspecified atom stereocenters. The highest BCUT2D eigenvalue weighted by Crippen LogP contribution is 2.24. The monoisotopic (exact) mass is 229 g/mol. The predicted molar refractivity (Wildman–Crippen MR) is 63.5 cm³/mol. The van der Waals surface area contributed by atoms with Gasteiger partial charge in [0.1, 0.15) is 5.84 Å². The summed E-state index contributed by atoms with van der Waals surface area (Å²) < 4.78 is 0. The minimum atomic E-state index is -0.294. The molecule has 1 fully saturated rings. The Balaban J connectivity index is 2.44. The van der Waals surface area contributed by atoms with Crippen LogP contribution < -0.4 is 5.73 Å². The van der Waals surface area contributed by atoms with Crippen molar-refractivity contribution in [3.8, 4) is 0 Å². The molecule has 94 valence electrons. The lowest BCUT2D eigenvalue weighted by Gasteiger charge is -2.28. The number of nitrogens with two attached hydrogens (primary N) is 1. The molecular weight excluding hydrogens is 206 g/mol. The average Bonchev–Trinajstić information content (AvgIpc) is 2.72. The van der Waals surface area contributed by atoms with Crippen molar-refractivity contribution in [2.45, 2.75) is 39.2 Å². The molecule has 1 aliphatic heterocycles. The van der Waals surface area contributed by atoms with E-state index in [1.807, 2.05) is 13.8 Å². The van der Waals surface area contributed by atoms with E-state index in [4.69, 9.17) is 10.9 Å². The van der Waals surface area contributed by atoms with Crippen LogP contribution in [0.3, 0.4) is 0 Å². The lowest BCUT2D eigenvalue weighted by atomic mass is 9.88. The van der Waals surface area contributed by atoms with E-state index in [1.165, 1.54) is 0 Å². The molecule has 5 heteroatoms. The molecule has 0 aromatic rings. The molecule has 1 aliphatic rings. The van der Waals surface area contributed by atoms with Crippen molar-refractivity contribution >= 4 is 5.84 Å². The summed E-state index contributed by atoms with van der Waals surface area (Å²) in [6, 6.07) is 0.295. The second-order valence-electron chi connectivity index (χ2n) is 5.13. The van der Waals surface area contributed by atoms with Gasteiger partial charge < -0.3 is 16.0 Å². The normalized spacial score (nSPS) is 23.9. The molecule has 0 spiro atoms. The van der Waals surface area contributed by atoms with Gasteiger partial charge >= 0.3 is 0 Å². The van der Waals surface area contributed by atoms with Gasteiger partial charge in [-0.1, -0.05) is 19.0 Å². The minimum absolute atomic E-state index is 0.226. The van der Waals surface area contributed by atoms with E-state index >= 15 is 0 Å². The topological polar surface area (TPSA) is 82.1 Å². The van der Waals surface area contributed by atoms with E-state index in [9.17, 15) is 5.11 Å². The highest BCUT2D eigenvalue weighted by molar-refractivity contribution is 5.85. The first-order valence-corrected chi connectivity index (χ1v) is 5.84. The van der Waals surface area contributed by atoms with Crippen molar-refractivity contribution < 1.29 is 10.3 Å². The number of hydrogen-bond donors (Lipinski definition) is 3. The molecule has 0 aromatic carbocycles. The third-order valence-corrected chi connectivity index (χ3v) is 3.53. The fourth-order valence-electron chi connectivity index (χ4n) is 2.08. The summed E-state index contributed by atoms with van der Waals surface area (Å²) in [5.74, 6) is 0.271. The number of aliphatic hydroxyl groups is 1. The molecule has 1 heterocycles. The van der Waals surface area contributed by atoms with Crippen LogP contribution in [0.15, 0.2) is 5.16 Å². The first-order valence-electron chi connectivity index (χ1n) is 5.84. The van der Waals surface area contributed by atoms with Gasteiger partial charge in [0.25, 0.3) is 0 Å². The molecule has 1 atom stereocenters. The van der Waals surface area contributed by atoms with Gasteiger partial charge in [-0.3, -0.25) is 4.90 Å². The van der Waals surface area contributed by atoms with Crippen LogP contribution in [0.1, 0.15) is 33.1 Å². The largest absolute Gasteiger partial charge is 0.409 e. The van der Waals surface area contributed by atoms with E-state index in [0.717, 1.165) is 32.4 Å². The Hall–Kier alpha value is -0.810. The minimum Gasteiger partial charge on any atom is -0.409 e. The number of amidine groups is 1. The highest BCUT2D eigenvalue weighted by Gasteiger charge is 2.28. The smallest absolute Gasteiger partial charge is 0.144 e. The van der Waals surface area contributed by atoms with Crippen LogP contribution in [-0.2, 0) is 0 Å². The zero-order valence-corrected chi connectivity index (χ0v) is 10.2.